The van der Waals surface area contributed by atoms with Gasteiger partial charge in [-0.15, -0.1) is 5.10 Å². The molecule has 3 heterocycles. The van der Waals surface area contributed by atoms with Gasteiger partial charge in [0, 0.05) is 18.1 Å². The second kappa shape index (κ2) is 6.96. The van der Waals surface area contributed by atoms with Crippen molar-refractivity contribution in [3.05, 3.63) is 66.1 Å². The summed E-state index contributed by atoms with van der Waals surface area (Å²) in [5, 5.41) is 12.5. The maximum Gasteiger partial charge on any atom is 0.341 e. The maximum absolute atomic E-state index is 11.9. The number of imidazole rings is 1. The molecule has 9 heteroatoms. The summed E-state index contributed by atoms with van der Waals surface area (Å²) in [6, 6.07) is 13.2. The van der Waals surface area contributed by atoms with Gasteiger partial charge in [-0.1, -0.05) is 30.0 Å². The average molecular weight is 366 g/mol. The zero-order valence-corrected chi connectivity index (χ0v) is 14.6. The molecule has 0 atom stereocenters. The quantitative estimate of drug-likeness (QED) is 0.396. The average Bonchev–Trinajstić information content (AvgIpc) is 3.32. The third kappa shape index (κ3) is 3.04. The van der Waals surface area contributed by atoms with Gasteiger partial charge in [0.2, 0.25) is 5.16 Å². The van der Waals surface area contributed by atoms with Crippen LogP contribution >= 0.6 is 11.8 Å². The van der Waals surface area contributed by atoms with Crippen molar-refractivity contribution in [1.29, 1.82) is 0 Å². The van der Waals surface area contributed by atoms with Crippen LogP contribution in [0, 0.1) is 0 Å². The fraction of sp³-hybridized carbons (Fsp3) is 0.118. The number of fused-ring (bicyclic) bond motifs is 1. The van der Waals surface area contributed by atoms with Crippen molar-refractivity contribution in [2.24, 2.45) is 0 Å². The van der Waals surface area contributed by atoms with Crippen LogP contribution in [0.3, 0.4) is 0 Å². The number of hydrogen-bond donors (Lipinski definition) is 0. The van der Waals surface area contributed by atoms with E-state index in [4.69, 9.17) is 4.74 Å². The van der Waals surface area contributed by atoms with Crippen LogP contribution in [0.5, 0.6) is 0 Å². The number of tetrazole rings is 1. The molecule has 0 aliphatic carbocycles. The van der Waals surface area contributed by atoms with Gasteiger partial charge in [0.25, 0.3) is 0 Å². The minimum Gasteiger partial charge on any atom is -0.465 e. The van der Waals surface area contributed by atoms with Crippen molar-refractivity contribution in [3.8, 4) is 5.69 Å². The van der Waals surface area contributed by atoms with Gasteiger partial charge in [-0.2, -0.15) is 4.68 Å². The van der Waals surface area contributed by atoms with E-state index in [2.05, 4.69) is 20.5 Å². The van der Waals surface area contributed by atoms with Gasteiger partial charge in [0.1, 0.15) is 5.56 Å². The molecule has 0 aliphatic heterocycles. The SMILES string of the molecule is COC(=O)c1cccn2cc(CSc3nnnn3-c3ccccc3)nc12. The van der Waals surface area contributed by atoms with E-state index in [1.165, 1.54) is 18.9 Å². The van der Waals surface area contributed by atoms with Crippen molar-refractivity contribution >= 4 is 23.4 Å². The van der Waals surface area contributed by atoms with E-state index in [1.807, 2.05) is 47.1 Å². The molecule has 0 radical (unpaired) electrons. The summed E-state index contributed by atoms with van der Waals surface area (Å²) in [6.07, 6.45) is 3.72. The topological polar surface area (TPSA) is 87.2 Å². The smallest absolute Gasteiger partial charge is 0.341 e. The minimum atomic E-state index is -0.409. The van der Waals surface area contributed by atoms with Crippen molar-refractivity contribution < 1.29 is 9.53 Å². The van der Waals surface area contributed by atoms with E-state index in [1.54, 1.807) is 16.8 Å². The van der Waals surface area contributed by atoms with Gasteiger partial charge in [0.15, 0.2) is 5.65 Å². The van der Waals surface area contributed by atoms with E-state index in [-0.39, 0.29) is 0 Å². The van der Waals surface area contributed by atoms with Crippen LogP contribution in [0.4, 0.5) is 0 Å². The number of aromatic nitrogens is 6. The van der Waals surface area contributed by atoms with E-state index >= 15 is 0 Å². The molecule has 3 aromatic heterocycles. The molecule has 4 aromatic rings. The predicted molar refractivity (Wildman–Crippen MR) is 95.2 cm³/mol. The normalized spacial score (nSPS) is 11.0. The molecule has 0 unspecified atom stereocenters. The van der Waals surface area contributed by atoms with E-state index in [9.17, 15) is 4.79 Å². The molecular weight excluding hydrogens is 352 g/mol. The molecular formula is C17H14N6O2S. The lowest BCUT2D eigenvalue weighted by Gasteiger charge is -2.02. The van der Waals surface area contributed by atoms with Gasteiger partial charge in [0.05, 0.1) is 18.5 Å². The lowest BCUT2D eigenvalue weighted by Crippen LogP contribution is -2.03. The highest BCUT2D eigenvalue weighted by molar-refractivity contribution is 7.98. The molecule has 0 saturated carbocycles. The molecule has 8 nitrogen and oxygen atoms in total. The standard InChI is InChI=1S/C17H14N6O2S/c1-25-16(24)14-8-5-9-22-10-12(18-15(14)22)11-26-17-19-20-21-23(17)13-6-3-2-4-7-13/h2-10H,11H2,1H3. The van der Waals surface area contributed by atoms with Gasteiger partial charge in [-0.25, -0.2) is 9.78 Å². The third-order valence-electron chi connectivity index (χ3n) is 3.73. The highest BCUT2D eigenvalue weighted by atomic mass is 32.2. The summed E-state index contributed by atoms with van der Waals surface area (Å²) >= 11 is 1.47. The number of benzene rings is 1. The Morgan fingerprint density at radius 1 is 1.19 bits per heavy atom. The lowest BCUT2D eigenvalue weighted by atomic mass is 10.3. The fourth-order valence-corrected chi connectivity index (χ4v) is 3.32. The Morgan fingerprint density at radius 2 is 2.04 bits per heavy atom. The van der Waals surface area contributed by atoms with Crippen molar-refractivity contribution in [3.63, 3.8) is 0 Å². The summed E-state index contributed by atoms with van der Waals surface area (Å²) in [7, 11) is 1.36. The van der Waals surface area contributed by atoms with Gasteiger partial charge in [-0.05, 0) is 34.7 Å². The first-order chi connectivity index (χ1) is 12.8. The Morgan fingerprint density at radius 3 is 2.85 bits per heavy atom. The van der Waals surface area contributed by atoms with Crippen LogP contribution in [0.1, 0.15) is 16.1 Å². The number of hydrogen-bond acceptors (Lipinski definition) is 7. The summed E-state index contributed by atoms with van der Waals surface area (Å²) in [5.41, 5.74) is 2.70. The minimum absolute atomic E-state index is 0.409. The molecule has 0 fully saturated rings. The van der Waals surface area contributed by atoms with Crippen LogP contribution < -0.4 is 0 Å². The summed E-state index contributed by atoms with van der Waals surface area (Å²) < 4.78 is 8.30. The molecule has 0 saturated heterocycles. The fourth-order valence-electron chi connectivity index (χ4n) is 2.54. The molecule has 0 N–H and O–H groups in total. The van der Waals surface area contributed by atoms with Gasteiger partial charge in [-0.3, -0.25) is 0 Å². The second-order valence-electron chi connectivity index (χ2n) is 5.37. The Hall–Kier alpha value is -3.20. The zero-order valence-electron chi connectivity index (χ0n) is 13.8. The maximum atomic E-state index is 11.9. The van der Waals surface area contributed by atoms with Crippen LogP contribution in [0.2, 0.25) is 0 Å². The first kappa shape index (κ1) is 16.3. The summed E-state index contributed by atoms with van der Waals surface area (Å²) in [6.45, 7) is 0. The van der Waals surface area contributed by atoms with E-state index < -0.39 is 5.97 Å². The number of carbonyl (C=O) groups excluding carboxylic acids is 1. The highest BCUT2D eigenvalue weighted by Crippen LogP contribution is 2.23. The van der Waals surface area contributed by atoms with Gasteiger partial charge >= 0.3 is 5.97 Å². The number of esters is 1. The highest BCUT2D eigenvalue weighted by Gasteiger charge is 2.15. The van der Waals surface area contributed by atoms with E-state index in [0.29, 0.717) is 22.1 Å². The number of nitrogens with zero attached hydrogens (tertiary/aromatic N) is 6. The molecule has 130 valence electrons. The van der Waals surface area contributed by atoms with Crippen LogP contribution in [-0.2, 0) is 10.5 Å². The number of thioether (sulfide) groups is 1. The number of para-hydroxylation sites is 1. The molecule has 0 aliphatic rings. The number of rotatable bonds is 5. The molecule has 1 aromatic carbocycles. The van der Waals surface area contributed by atoms with Crippen LogP contribution in [-0.4, -0.2) is 42.7 Å². The first-order valence-corrected chi connectivity index (χ1v) is 8.76. The Kier molecular flexibility index (Phi) is 4.36. The Bertz CT molecular complexity index is 1060. The van der Waals surface area contributed by atoms with Crippen LogP contribution in [0.25, 0.3) is 11.3 Å². The van der Waals surface area contributed by atoms with Gasteiger partial charge < -0.3 is 9.14 Å². The second-order valence-corrected chi connectivity index (χ2v) is 6.32. The molecule has 0 bridgehead atoms. The predicted octanol–water partition coefficient (Wildman–Crippen LogP) is 2.39. The molecule has 0 amide bonds. The molecule has 26 heavy (non-hydrogen) atoms. The largest absolute Gasteiger partial charge is 0.465 e. The first-order valence-electron chi connectivity index (χ1n) is 7.78. The Balaban J connectivity index is 1.58. The van der Waals surface area contributed by atoms with Crippen molar-refractivity contribution in [1.82, 2.24) is 29.6 Å². The summed E-state index contributed by atoms with van der Waals surface area (Å²) in [5.74, 6) is 0.156. The zero-order chi connectivity index (χ0) is 17.9. The molecule has 4 rings (SSSR count). The summed E-state index contributed by atoms with van der Waals surface area (Å²) in [4.78, 5) is 16.4. The Labute approximate surface area is 152 Å². The van der Waals surface area contributed by atoms with E-state index in [0.717, 1.165) is 11.4 Å². The number of pyridine rings is 1. The number of ether oxygens (including phenoxy) is 1. The monoisotopic (exact) mass is 366 g/mol. The molecule has 0 spiro atoms. The van der Waals surface area contributed by atoms with Crippen molar-refractivity contribution in [2.75, 3.05) is 7.11 Å². The number of methoxy groups -OCH3 is 1. The lowest BCUT2D eigenvalue weighted by molar-refractivity contribution is 0.0602. The number of carbonyl (C=O) groups is 1. The van der Waals surface area contributed by atoms with Crippen molar-refractivity contribution in [2.45, 2.75) is 10.9 Å². The van der Waals surface area contributed by atoms with Crippen LogP contribution in [0.15, 0.2) is 60.0 Å². The third-order valence-corrected chi connectivity index (χ3v) is 4.68.